The second-order valence-corrected chi connectivity index (χ2v) is 6.59. The van der Waals surface area contributed by atoms with Crippen molar-refractivity contribution in [2.24, 2.45) is 0 Å². The van der Waals surface area contributed by atoms with Crippen molar-refractivity contribution in [1.82, 2.24) is 5.32 Å². The number of dihydropyridines is 1. The van der Waals surface area contributed by atoms with Crippen LogP contribution in [0.1, 0.15) is 39.4 Å². The van der Waals surface area contributed by atoms with Gasteiger partial charge in [0, 0.05) is 17.5 Å². The normalized spacial score (nSPS) is 14.8. The molecule has 29 heavy (non-hydrogen) atoms. The molecule has 7 heteroatoms. The second kappa shape index (κ2) is 8.34. The molecule has 0 aliphatic carbocycles. The first-order valence-electron chi connectivity index (χ1n) is 9.44. The minimum absolute atomic E-state index is 0.168. The summed E-state index contributed by atoms with van der Waals surface area (Å²) >= 11 is 0. The number of benzene rings is 1. The molecular formula is C22H23NO6. The van der Waals surface area contributed by atoms with Crippen molar-refractivity contribution in [3.8, 4) is 0 Å². The molecule has 1 aromatic carbocycles. The maximum absolute atomic E-state index is 12.8. The van der Waals surface area contributed by atoms with Gasteiger partial charge in [-0.15, -0.1) is 0 Å². The van der Waals surface area contributed by atoms with E-state index in [1.807, 2.05) is 0 Å². The number of hydrogen-bond acceptors (Lipinski definition) is 7. The van der Waals surface area contributed by atoms with E-state index in [0.717, 1.165) is 0 Å². The van der Waals surface area contributed by atoms with Crippen molar-refractivity contribution in [1.29, 1.82) is 0 Å². The monoisotopic (exact) mass is 397 g/mol. The molecule has 152 valence electrons. The first-order chi connectivity index (χ1) is 13.9. The molecule has 2 heterocycles. The van der Waals surface area contributed by atoms with Gasteiger partial charge in [0.1, 0.15) is 11.3 Å². The van der Waals surface area contributed by atoms with Crippen molar-refractivity contribution in [3.63, 3.8) is 0 Å². The van der Waals surface area contributed by atoms with Crippen LogP contribution in [0.25, 0.3) is 11.0 Å². The molecule has 0 saturated heterocycles. The number of carbonyl (C=O) groups excluding carboxylic acids is 2. The van der Waals surface area contributed by atoms with Gasteiger partial charge in [-0.25, -0.2) is 9.59 Å². The fourth-order valence-corrected chi connectivity index (χ4v) is 3.50. The first-order valence-corrected chi connectivity index (χ1v) is 9.44. The van der Waals surface area contributed by atoms with Crippen LogP contribution in [0.5, 0.6) is 0 Å². The van der Waals surface area contributed by atoms with Crippen molar-refractivity contribution in [2.75, 3.05) is 13.2 Å². The Kier molecular flexibility index (Phi) is 5.87. The maximum Gasteiger partial charge on any atom is 0.336 e. The van der Waals surface area contributed by atoms with Gasteiger partial charge in [-0.3, -0.25) is 4.79 Å². The van der Waals surface area contributed by atoms with E-state index in [-0.39, 0.29) is 35.5 Å². The van der Waals surface area contributed by atoms with Crippen LogP contribution in [0.2, 0.25) is 0 Å². The average Bonchev–Trinajstić information content (AvgIpc) is 2.67. The molecular weight excluding hydrogens is 374 g/mol. The lowest BCUT2D eigenvalue weighted by Gasteiger charge is -2.29. The molecule has 0 spiro atoms. The molecule has 0 saturated carbocycles. The molecule has 0 bridgehead atoms. The molecule has 7 nitrogen and oxygen atoms in total. The molecule has 0 radical (unpaired) electrons. The lowest BCUT2D eigenvalue weighted by Crippen LogP contribution is -2.33. The Bertz CT molecular complexity index is 1050. The third-order valence-corrected chi connectivity index (χ3v) is 4.69. The van der Waals surface area contributed by atoms with E-state index in [2.05, 4.69) is 5.32 Å². The smallest absolute Gasteiger partial charge is 0.336 e. The van der Waals surface area contributed by atoms with Crippen LogP contribution in [0, 0.1) is 0 Å². The Morgan fingerprint density at radius 3 is 2.10 bits per heavy atom. The highest BCUT2D eigenvalue weighted by Crippen LogP contribution is 2.39. The Morgan fingerprint density at radius 1 is 1.00 bits per heavy atom. The van der Waals surface area contributed by atoms with E-state index in [9.17, 15) is 14.4 Å². The summed E-state index contributed by atoms with van der Waals surface area (Å²) in [4.78, 5) is 38.2. The highest BCUT2D eigenvalue weighted by atomic mass is 16.5. The fourth-order valence-electron chi connectivity index (χ4n) is 3.50. The number of fused-ring (bicyclic) bond motifs is 1. The molecule has 0 unspecified atom stereocenters. The van der Waals surface area contributed by atoms with Crippen LogP contribution in [0.15, 0.2) is 62.1 Å². The van der Waals surface area contributed by atoms with E-state index < -0.39 is 17.9 Å². The van der Waals surface area contributed by atoms with Crippen LogP contribution in [-0.2, 0) is 19.1 Å². The molecule has 1 aromatic heterocycles. The highest BCUT2D eigenvalue weighted by Gasteiger charge is 2.39. The molecule has 3 rings (SSSR count). The summed E-state index contributed by atoms with van der Waals surface area (Å²) in [5.74, 6) is -1.92. The van der Waals surface area contributed by atoms with E-state index in [0.29, 0.717) is 22.4 Å². The van der Waals surface area contributed by atoms with E-state index in [4.69, 9.17) is 13.9 Å². The van der Waals surface area contributed by atoms with Gasteiger partial charge < -0.3 is 19.2 Å². The fraction of sp³-hybridized carbons (Fsp3) is 0.318. The van der Waals surface area contributed by atoms with E-state index >= 15 is 0 Å². The molecule has 0 atom stereocenters. The van der Waals surface area contributed by atoms with Crippen molar-refractivity contribution < 1.29 is 23.5 Å². The number of hydrogen-bond donors (Lipinski definition) is 1. The number of rotatable bonds is 5. The van der Waals surface area contributed by atoms with Gasteiger partial charge in [0.05, 0.1) is 35.7 Å². The maximum atomic E-state index is 12.8. The summed E-state index contributed by atoms with van der Waals surface area (Å²) < 4.78 is 16.4. The third-order valence-electron chi connectivity index (χ3n) is 4.69. The Morgan fingerprint density at radius 2 is 1.55 bits per heavy atom. The number of ether oxygens (including phenoxy) is 2. The summed E-state index contributed by atoms with van der Waals surface area (Å²) in [7, 11) is 0. The number of nitrogens with one attached hydrogen (secondary N) is 1. The second-order valence-electron chi connectivity index (χ2n) is 6.59. The van der Waals surface area contributed by atoms with E-state index in [1.54, 1.807) is 52.0 Å². The molecule has 1 aliphatic heterocycles. The van der Waals surface area contributed by atoms with Gasteiger partial charge in [-0.05, 0) is 39.8 Å². The van der Waals surface area contributed by atoms with Crippen LogP contribution in [-0.4, -0.2) is 25.2 Å². The zero-order valence-corrected chi connectivity index (χ0v) is 16.8. The number of para-hydroxylation sites is 1. The predicted octanol–water partition coefficient (Wildman–Crippen LogP) is 3.15. The van der Waals surface area contributed by atoms with Crippen LogP contribution in [0.3, 0.4) is 0 Å². The summed E-state index contributed by atoms with van der Waals surface area (Å²) in [5, 5.41) is 3.47. The van der Waals surface area contributed by atoms with Crippen molar-refractivity contribution in [3.05, 3.63) is 68.9 Å². The van der Waals surface area contributed by atoms with Gasteiger partial charge >= 0.3 is 11.9 Å². The summed E-state index contributed by atoms with van der Waals surface area (Å²) in [5.41, 5.74) is 1.57. The lowest BCUT2D eigenvalue weighted by atomic mass is 9.83. The lowest BCUT2D eigenvalue weighted by molar-refractivity contribution is -0.139. The Hall–Kier alpha value is -3.35. The van der Waals surface area contributed by atoms with Gasteiger partial charge in [-0.2, -0.15) is 0 Å². The quantitative estimate of drug-likeness (QED) is 0.775. The van der Waals surface area contributed by atoms with Gasteiger partial charge in [0.15, 0.2) is 5.43 Å². The van der Waals surface area contributed by atoms with E-state index in [1.165, 1.54) is 6.07 Å². The summed E-state index contributed by atoms with van der Waals surface area (Å²) in [6.07, 6.45) is 0. The molecule has 2 aromatic rings. The SMILES string of the molecule is CCOC(=O)C1=C(C)NC(C)=C(C(=O)OCC)C1c1cc(=O)c2ccccc2o1. The highest BCUT2D eigenvalue weighted by molar-refractivity contribution is 5.99. The predicted molar refractivity (Wildman–Crippen MR) is 107 cm³/mol. The standard InChI is InChI=1S/C22H23NO6/c1-5-27-21(25)18-12(3)23-13(4)19(22(26)28-6-2)20(18)17-11-15(24)14-9-7-8-10-16(14)29-17/h7-11,20,23H,5-6H2,1-4H3. The average molecular weight is 397 g/mol. The molecule has 0 fully saturated rings. The molecule has 0 amide bonds. The van der Waals surface area contributed by atoms with Crippen LogP contribution in [0.4, 0.5) is 0 Å². The van der Waals surface area contributed by atoms with Crippen molar-refractivity contribution >= 4 is 22.9 Å². The third kappa shape index (κ3) is 3.81. The minimum atomic E-state index is -0.924. The van der Waals surface area contributed by atoms with Gasteiger partial charge in [0.25, 0.3) is 0 Å². The largest absolute Gasteiger partial charge is 0.463 e. The first kappa shape index (κ1) is 20.4. The summed E-state index contributed by atoms with van der Waals surface area (Å²) in [6, 6.07) is 8.14. The van der Waals surface area contributed by atoms with Gasteiger partial charge in [-0.1, -0.05) is 12.1 Å². The Balaban J connectivity index is 2.27. The zero-order chi connectivity index (χ0) is 21.1. The zero-order valence-electron chi connectivity index (χ0n) is 16.8. The minimum Gasteiger partial charge on any atom is -0.463 e. The molecule has 1 aliphatic rings. The van der Waals surface area contributed by atoms with Crippen LogP contribution >= 0.6 is 0 Å². The summed E-state index contributed by atoms with van der Waals surface area (Å²) in [6.45, 7) is 7.15. The van der Waals surface area contributed by atoms with Crippen molar-refractivity contribution in [2.45, 2.75) is 33.6 Å². The van der Waals surface area contributed by atoms with Crippen LogP contribution < -0.4 is 10.7 Å². The number of allylic oxidation sites excluding steroid dienone is 2. The molecule has 1 N–H and O–H groups in total. The van der Waals surface area contributed by atoms with Gasteiger partial charge in [0.2, 0.25) is 0 Å². The number of esters is 2. The Labute approximate surface area is 168 Å². The number of carbonyl (C=O) groups is 2. The topological polar surface area (TPSA) is 94.8 Å².